The Balaban J connectivity index is 2.11. The summed E-state index contributed by atoms with van der Waals surface area (Å²) in [6.45, 7) is 0.972. The number of anilines is 1. The number of carbonyl (C=O) groups is 2. The Morgan fingerprint density at radius 2 is 1.77 bits per heavy atom. The lowest BCUT2D eigenvalue weighted by Gasteiger charge is -2.22. The fraction of sp³-hybridized carbons (Fsp3) is 0.222. The van der Waals surface area contributed by atoms with Crippen molar-refractivity contribution in [3.05, 3.63) is 59.4 Å². The second-order valence-corrected chi connectivity index (χ2v) is 5.46. The number of hydrogen-bond donors (Lipinski definition) is 1. The van der Waals surface area contributed by atoms with Crippen molar-refractivity contribution in [3.63, 3.8) is 0 Å². The van der Waals surface area contributed by atoms with E-state index < -0.39 is 41.5 Å². The Hall–Kier alpha value is -3.03. The first-order chi connectivity index (χ1) is 12.3. The van der Waals surface area contributed by atoms with Crippen LogP contribution in [0.4, 0.5) is 18.9 Å². The van der Waals surface area contributed by atoms with Gasteiger partial charge in [-0.15, -0.1) is 0 Å². The topological polar surface area (TPSA) is 58.6 Å². The van der Waals surface area contributed by atoms with E-state index in [1.54, 1.807) is 24.3 Å². The van der Waals surface area contributed by atoms with Crippen molar-refractivity contribution in [1.82, 2.24) is 4.90 Å². The molecule has 0 heterocycles. The number of amides is 2. The van der Waals surface area contributed by atoms with Crippen LogP contribution in [0.5, 0.6) is 5.75 Å². The zero-order valence-electron chi connectivity index (χ0n) is 14.2. The van der Waals surface area contributed by atoms with Crippen LogP contribution in [-0.2, 0) is 16.1 Å². The maximum absolute atomic E-state index is 13.6. The van der Waals surface area contributed by atoms with Crippen LogP contribution in [0, 0.1) is 17.5 Å². The first kappa shape index (κ1) is 19.3. The summed E-state index contributed by atoms with van der Waals surface area (Å²) in [7, 11) is 1.48. The molecule has 0 saturated carbocycles. The minimum Gasteiger partial charge on any atom is -0.496 e. The molecule has 0 fully saturated rings. The predicted molar refractivity (Wildman–Crippen MR) is 89.0 cm³/mol. The summed E-state index contributed by atoms with van der Waals surface area (Å²) in [5, 5.41) is 2.13. The average Bonchev–Trinajstić information content (AvgIpc) is 2.62. The molecular formula is C18H17F3N2O3. The summed E-state index contributed by atoms with van der Waals surface area (Å²) in [6, 6.07) is 8.58. The Bertz CT molecular complexity index is 827. The molecule has 0 saturated heterocycles. The van der Waals surface area contributed by atoms with Gasteiger partial charge in [-0.1, -0.05) is 18.2 Å². The molecule has 0 spiro atoms. The molecule has 2 aromatic rings. The second kappa shape index (κ2) is 8.37. The molecule has 0 aliphatic carbocycles. The molecule has 8 heteroatoms. The molecule has 5 nitrogen and oxygen atoms in total. The van der Waals surface area contributed by atoms with Gasteiger partial charge in [-0.2, -0.15) is 0 Å². The van der Waals surface area contributed by atoms with Crippen LogP contribution in [0.2, 0.25) is 0 Å². The van der Waals surface area contributed by atoms with Crippen LogP contribution in [0.1, 0.15) is 12.5 Å². The van der Waals surface area contributed by atoms with Gasteiger partial charge < -0.3 is 15.0 Å². The predicted octanol–water partition coefficient (Wildman–Crippen LogP) is 3.10. The number of carbonyl (C=O) groups excluding carboxylic acids is 2. The third kappa shape index (κ3) is 4.53. The minimum absolute atomic E-state index is 0.0903. The van der Waals surface area contributed by atoms with Crippen LogP contribution in [-0.4, -0.2) is 30.4 Å². The lowest BCUT2D eigenvalue weighted by molar-refractivity contribution is -0.133. The Labute approximate surface area is 148 Å². The van der Waals surface area contributed by atoms with Gasteiger partial charge in [0.25, 0.3) is 0 Å². The van der Waals surface area contributed by atoms with E-state index in [9.17, 15) is 22.8 Å². The van der Waals surface area contributed by atoms with E-state index in [1.807, 2.05) is 0 Å². The molecule has 0 aliphatic heterocycles. The van der Waals surface area contributed by atoms with Crippen molar-refractivity contribution in [2.75, 3.05) is 19.0 Å². The number of rotatable bonds is 6. The van der Waals surface area contributed by atoms with E-state index in [1.165, 1.54) is 18.9 Å². The number of nitrogens with zero attached hydrogens (tertiary/aromatic N) is 1. The number of methoxy groups -OCH3 is 1. The number of hydrogen-bond acceptors (Lipinski definition) is 3. The van der Waals surface area contributed by atoms with Gasteiger partial charge in [0.1, 0.15) is 12.3 Å². The maximum Gasteiger partial charge on any atom is 0.244 e. The van der Waals surface area contributed by atoms with Crippen LogP contribution in [0.15, 0.2) is 36.4 Å². The van der Waals surface area contributed by atoms with Crippen LogP contribution < -0.4 is 10.1 Å². The second-order valence-electron chi connectivity index (χ2n) is 5.46. The Morgan fingerprint density at radius 1 is 1.08 bits per heavy atom. The minimum atomic E-state index is -1.68. The molecule has 0 aromatic heterocycles. The molecule has 0 aliphatic rings. The monoisotopic (exact) mass is 366 g/mol. The quantitative estimate of drug-likeness (QED) is 0.800. The van der Waals surface area contributed by atoms with Crippen molar-refractivity contribution in [2.24, 2.45) is 0 Å². The molecule has 2 aromatic carbocycles. The first-order valence-electron chi connectivity index (χ1n) is 7.64. The third-order valence-electron chi connectivity index (χ3n) is 3.64. The molecule has 26 heavy (non-hydrogen) atoms. The lowest BCUT2D eigenvalue weighted by atomic mass is 10.2. The highest BCUT2D eigenvalue weighted by Gasteiger charge is 2.19. The van der Waals surface area contributed by atoms with Gasteiger partial charge in [-0.3, -0.25) is 9.59 Å². The highest BCUT2D eigenvalue weighted by Crippen LogP contribution is 2.21. The van der Waals surface area contributed by atoms with E-state index in [0.29, 0.717) is 17.4 Å². The van der Waals surface area contributed by atoms with E-state index in [-0.39, 0.29) is 6.54 Å². The molecule has 0 atom stereocenters. The van der Waals surface area contributed by atoms with Gasteiger partial charge in [0.05, 0.1) is 12.8 Å². The standard InChI is InChI=1S/C18H17F3N2O3/c1-11(24)23(9-12-5-3-4-6-15(12)26-2)10-16(25)22-14-8-7-13(19)17(20)18(14)21/h3-8H,9-10H2,1-2H3,(H,22,25). The molecule has 0 unspecified atom stereocenters. The van der Waals surface area contributed by atoms with Crippen molar-refractivity contribution < 1.29 is 27.5 Å². The number of halogens is 3. The smallest absolute Gasteiger partial charge is 0.244 e. The van der Waals surface area contributed by atoms with E-state index >= 15 is 0 Å². The van der Waals surface area contributed by atoms with E-state index in [0.717, 1.165) is 6.07 Å². The van der Waals surface area contributed by atoms with Crippen LogP contribution >= 0.6 is 0 Å². The number of benzene rings is 2. The number of nitrogens with one attached hydrogen (secondary N) is 1. The van der Waals surface area contributed by atoms with Gasteiger partial charge in [0.2, 0.25) is 11.8 Å². The maximum atomic E-state index is 13.6. The van der Waals surface area contributed by atoms with Gasteiger partial charge >= 0.3 is 0 Å². The fourth-order valence-corrected chi connectivity index (χ4v) is 2.30. The summed E-state index contributed by atoms with van der Waals surface area (Å²) >= 11 is 0. The lowest BCUT2D eigenvalue weighted by Crippen LogP contribution is -2.36. The van der Waals surface area contributed by atoms with Gasteiger partial charge in [0, 0.05) is 19.0 Å². The molecular weight excluding hydrogens is 349 g/mol. The summed E-state index contributed by atoms with van der Waals surface area (Å²) in [4.78, 5) is 25.1. The van der Waals surface area contributed by atoms with Crippen molar-refractivity contribution in [2.45, 2.75) is 13.5 Å². The Kier molecular flexibility index (Phi) is 6.21. The fourth-order valence-electron chi connectivity index (χ4n) is 2.30. The average molecular weight is 366 g/mol. The van der Waals surface area contributed by atoms with E-state index in [4.69, 9.17) is 4.74 Å². The summed E-state index contributed by atoms with van der Waals surface area (Å²) < 4.78 is 45.0. The highest BCUT2D eigenvalue weighted by molar-refractivity contribution is 5.94. The molecule has 2 rings (SSSR count). The highest BCUT2D eigenvalue weighted by atomic mass is 19.2. The Morgan fingerprint density at radius 3 is 2.42 bits per heavy atom. The SMILES string of the molecule is COc1ccccc1CN(CC(=O)Nc1ccc(F)c(F)c1F)C(C)=O. The van der Waals surface area contributed by atoms with Gasteiger partial charge in [-0.25, -0.2) is 13.2 Å². The van der Waals surface area contributed by atoms with Crippen LogP contribution in [0.3, 0.4) is 0 Å². The van der Waals surface area contributed by atoms with Crippen molar-refractivity contribution in [3.8, 4) is 5.75 Å². The number of ether oxygens (including phenoxy) is 1. The van der Waals surface area contributed by atoms with Crippen LogP contribution in [0.25, 0.3) is 0 Å². The molecule has 0 radical (unpaired) electrons. The normalized spacial score (nSPS) is 10.3. The zero-order valence-corrected chi connectivity index (χ0v) is 14.2. The summed E-state index contributed by atoms with van der Waals surface area (Å²) in [5.41, 5.74) is 0.173. The largest absolute Gasteiger partial charge is 0.496 e. The molecule has 0 bridgehead atoms. The molecule has 1 N–H and O–H groups in total. The zero-order chi connectivity index (χ0) is 19.3. The third-order valence-corrected chi connectivity index (χ3v) is 3.64. The summed E-state index contributed by atoms with van der Waals surface area (Å²) in [5.74, 6) is -5.14. The molecule has 2 amide bonds. The van der Waals surface area contributed by atoms with Crippen molar-refractivity contribution in [1.29, 1.82) is 0 Å². The first-order valence-corrected chi connectivity index (χ1v) is 7.64. The van der Waals surface area contributed by atoms with E-state index in [2.05, 4.69) is 5.32 Å². The number of para-hydroxylation sites is 1. The van der Waals surface area contributed by atoms with Gasteiger partial charge in [0.15, 0.2) is 17.5 Å². The van der Waals surface area contributed by atoms with Gasteiger partial charge in [-0.05, 0) is 18.2 Å². The summed E-state index contributed by atoms with van der Waals surface area (Å²) in [6.07, 6.45) is 0. The van der Waals surface area contributed by atoms with Crippen molar-refractivity contribution >= 4 is 17.5 Å². The molecule has 138 valence electrons.